The number of rotatable bonds is 10. The van der Waals surface area contributed by atoms with Gasteiger partial charge in [-0.1, -0.05) is 72.8 Å². The minimum Gasteiger partial charge on any atom is -0.497 e. The molecule has 1 saturated heterocycles. The van der Waals surface area contributed by atoms with E-state index in [9.17, 15) is 4.79 Å². The summed E-state index contributed by atoms with van der Waals surface area (Å²) in [6, 6.07) is 35.2. The molecule has 0 saturated carbocycles. The maximum Gasteiger partial charge on any atom is 0.223 e. The molecule has 6 rings (SSSR count). The lowest BCUT2D eigenvalue weighted by Gasteiger charge is -2.22. The summed E-state index contributed by atoms with van der Waals surface area (Å²) in [4.78, 5) is 15.6. The third kappa shape index (κ3) is 6.14. The first-order valence-corrected chi connectivity index (χ1v) is 14.4. The molecule has 2 heterocycles. The van der Waals surface area contributed by atoms with Crippen molar-refractivity contribution in [1.29, 1.82) is 0 Å². The monoisotopic (exact) mass is 544 g/mol. The van der Waals surface area contributed by atoms with Gasteiger partial charge in [0, 0.05) is 49.1 Å². The summed E-state index contributed by atoms with van der Waals surface area (Å²) in [5.74, 6) is 1.79. The highest BCUT2D eigenvalue weighted by Gasteiger charge is 2.27. The number of amides is 1. The third-order valence-electron chi connectivity index (χ3n) is 8.05. The average Bonchev–Trinajstić information content (AvgIpc) is 3.69. The van der Waals surface area contributed by atoms with Crippen molar-refractivity contribution < 1.29 is 14.3 Å². The molecule has 0 bridgehead atoms. The predicted octanol–water partition coefficient (Wildman–Crippen LogP) is 7.42. The van der Waals surface area contributed by atoms with Crippen molar-refractivity contribution in [3.63, 3.8) is 0 Å². The molecule has 1 aromatic heterocycles. The molecule has 0 spiro atoms. The summed E-state index contributed by atoms with van der Waals surface area (Å²) >= 11 is 0. The molecule has 0 radical (unpaired) electrons. The Hall–Kier alpha value is -4.51. The van der Waals surface area contributed by atoms with Gasteiger partial charge >= 0.3 is 0 Å². The van der Waals surface area contributed by atoms with Gasteiger partial charge in [0.25, 0.3) is 0 Å². The molecular formula is C36H36N2O3. The Bertz CT molecular complexity index is 1600. The van der Waals surface area contributed by atoms with Crippen LogP contribution in [0.15, 0.2) is 109 Å². The van der Waals surface area contributed by atoms with Crippen molar-refractivity contribution in [1.82, 2.24) is 9.47 Å². The topological polar surface area (TPSA) is 43.7 Å². The summed E-state index contributed by atoms with van der Waals surface area (Å²) in [5.41, 5.74) is 5.74. The van der Waals surface area contributed by atoms with E-state index in [-0.39, 0.29) is 11.8 Å². The summed E-state index contributed by atoms with van der Waals surface area (Å²) < 4.78 is 13.9. The average molecular weight is 545 g/mol. The predicted molar refractivity (Wildman–Crippen MR) is 164 cm³/mol. The molecule has 208 valence electrons. The number of ether oxygens (including phenoxy) is 2. The second kappa shape index (κ2) is 12.3. The second-order valence-corrected chi connectivity index (χ2v) is 10.8. The van der Waals surface area contributed by atoms with E-state index in [2.05, 4.69) is 71.4 Å². The van der Waals surface area contributed by atoms with Crippen LogP contribution >= 0.6 is 0 Å². The number of hydrogen-bond acceptors (Lipinski definition) is 3. The molecule has 5 heteroatoms. The Morgan fingerprint density at radius 2 is 1.56 bits per heavy atom. The number of carbonyl (C=O) groups excluding carboxylic acids is 1. The quantitative estimate of drug-likeness (QED) is 0.184. The van der Waals surface area contributed by atoms with E-state index < -0.39 is 0 Å². The molecule has 0 aliphatic carbocycles. The molecular weight excluding hydrogens is 508 g/mol. The van der Waals surface area contributed by atoms with Gasteiger partial charge in [-0.15, -0.1) is 0 Å². The highest BCUT2D eigenvalue weighted by atomic mass is 16.5. The number of carbonyl (C=O) groups is 1. The number of aromatic nitrogens is 1. The van der Waals surface area contributed by atoms with Gasteiger partial charge in [-0.3, -0.25) is 4.79 Å². The van der Waals surface area contributed by atoms with Gasteiger partial charge in [-0.05, 0) is 65.4 Å². The molecule has 5 aromatic rings. The van der Waals surface area contributed by atoms with Gasteiger partial charge in [-0.2, -0.15) is 0 Å². The first kappa shape index (κ1) is 26.7. The number of methoxy groups -OCH3 is 1. The van der Waals surface area contributed by atoms with Gasteiger partial charge in [0.1, 0.15) is 18.1 Å². The first-order valence-electron chi connectivity index (χ1n) is 14.4. The molecule has 1 fully saturated rings. The fourth-order valence-electron chi connectivity index (χ4n) is 5.85. The standard InChI is InChI=1S/C36H36N2O3/c1-40-30-18-16-27(17-19-30)24-38-25-34(32-14-5-6-15-35(32)38)33(23-36(39)37-20-7-8-21-37)29-12-9-13-31(22-29)41-26-28-10-3-2-4-11-28/h2-6,9-19,22,25,33H,7-8,20-21,23-24,26H2,1H3. The lowest BCUT2D eigenvalue weighted by molar-refractivity contribution is -0.130. The van der Waals surface area contributed by atoms with Crippen LogP contribution in [0.4, 0.5) is 0 Å². The van der Waals surface area contributed by atoms with Crippen LogP contribution in [0.2, 0.25) is 0 Å². The van der Waals surface area contributed by atoms with Crippen molar-refractivity contribution in [2.24, 2.45) is 0 Å². The Balaban J connectivity index is 1.36. The largest absolute Gasteiger partial charge is 0.497 e. The van der Waals surface area contributed by atoms with Crippen LogP contribution in [0.3, 0.4) is 0 Å². The van der Waals surface area contributed by atoms with Crippen molar-refractivity contribution in [2.75, 3.05) is 20.2 Å². The summed E-state index contributed by atoms with van der Waals surface area (Å²) in [6.07, 6.45) is 4.84. The lowest BCUT2D eigenvalue weighted by Crippen LogP contribution is -2.29. The summed E-state index contributed by atoms with van der Waals surface area (Å²) in [5, 5.41) is 1.18. The highest BCUT2D eigenvalue weighted by Crippen LogP contribution is 2.37. The minimum absolute atomic E-state index is 0.0922. The molecule has 1 amide bonds. The normalized spacial score (nSPS) is 13.8. The first-order chi connectivity index (χ1) is 20.2. The van der Waals surface area contributed by atoms with E-state index >= 15 is 0 Å². The van der Waals surface area contributed by atoms with Crippen LogP contribution in [0.1, 0.15) is 47.4 Å². The SMILES string of the molecule is COc1ccc(Cn2cc(C(CC(=O)N3CCCC3)c3cccc(OCc4ccccc4)c3)c3ccccc32)cc1. The van der Waals surface area contributed by atoms with Crippen LogP contribution in [0.25, 0.3) is 10.9 Å². The lowest BCUT2D eigenvalue weighted by atomic mass is 9.87. The fourth-order valence-corrected chi connectivity index (χ4v) is 5.85. The molecule has 5 nitrogen and oxygen atoms in total. The van der Waals surface area contributed by atoms with E-state index in [1.54, 1.807) is 7.11 Å². The molecule has 1 aliphatic heterocycles. The zero-order valence-corrected chi connectivity index (χ0v) is 23.5. The number of fused-ring (bicyclic) bond motifs is 1. The van der Waals surface area contributed by atoms with Crippen molar-refractivity contribution >= 4 is 16.8 Å². The van der Waals surface area contributed by atoms with Crippen LogP contribution in [-0.2, 0) is 17.9 Å². The van der Waals surface area contributed by atoms with Crippen molar-refractivity contribution in [3.8, 4) is 11.5 Å². The van der Waals surface area contributed by atoms with Crippen molar-refractivity contribution in [2.45, 2.75) is 38.3 Å². The number of hydrogen-bond donors (Lipinski definition) is 0. The summed E-state index contributed by atoms with van der Waals surface area (Å²) in [6.45, 7) is 2.94. The Morgan fingerprint density at radius 1 is 0.805 bits per heavy atom. The smallest absolute Gasteiger partial charge is 0.223 e. The van der Waals surface area contributed by atoms with E-state index in [1.807, 2.05) is 47.4 Å². The van der Waals surface area contributed by atoms with E-state index in [1.165, 1.54) is 16.5 Å². The van der Waals surface area contributed by atoms with Gasteiger partial charge in [0.2, 0.25) is 5.91 Å². The summed E-state index contributed by atoms with van der Waals surface area (Å²) in [7, 11) is 1.69. The molecule has 4 aromatic carbocycles. The van der Waals surface area contributed by atoms with E-state index in [4.69, 9.17) is 9.47 Å². The van der Waals surface area contributed by atoms with E-state index in [0.717, 1.165) is 60.6 Å². The Labute approximate surface area is 241 Å². The zero-order valence-electron chi connectivity index (χ0n) is 23.5. The van der Waals surface area contributed by atoms with Gasteiger partial charge in [0.05, 0.1) is 7.11 Å². The van der Waals surface area contributed by atoms with Gasteiger partial charge < -0.3 is 18.9 Å². The number of nitrogens with zero attached hydrogens (tertiary/aromatic N) is 2. The van der Waals surface area contributed by atoms with Crippen LogP contribution < -0.4 is 9.47 Å². The van der Waals surface area contributed by atoms with Crippen LogP contribution in [-0.4, -0.2) is 35.6 Å². The van der Waals surface area contributed by atoms with E-state index in [0.29, 0.717) is 13.0 Å². The molecule has 1 atom stereocenters. The van der Waals surface area contributed by atoms with Crippen LogP contribution in [0, 0.1) is 0 Å². The van der Waals surface area contributed by atoms with Gasteiger partial charge in [0.15, 0.2) is 0 Å². The number of para-hydroxylation sites is 1. The zero-order chi connectivity index (χ0) is 28.0. The minimum atomic E-state index is -0.0922. The number of likely N-dealkylation sites (tertiary alicyclic amines) is 1. The maximum absolute atomic E-state index is 13.6. The Morgan fingerprint density at radius 3 is 2.34 bits per heavy atom. The Kier molecular flexibility index (Phi) is 8.04. The third-order valence-corrected chi connectivity index (χ3v) is 8.05. The number of benzene rings is 4. The van der Waals surface area contributed by atoms with Crippen LogP contribution in [0.5, 0.6) is 11.5 Å². The molecule has 1 aliphatic rings. The van der Waals surface area contributed by atoms with Gasteiger partial charge in [-0.25, -0.2) is 0 Å². The fraction of sp³-hybridized carbons (Fsp3) is 0.250. The highest BCUT2D eigenvalue weighted by molar-refractivity contribution is 5.87. The maximum atomic E-state index is 13.6. The molecule has 1 unspecified atom stereocenters. The molecule has 0 N–H and O–H groups in total. The molecule has 41 heavy (non-hydrogen) atoms. The van der Waals surface area contributed by atoms with Crippen molar-refractivity contribution in [3.05, 3.63) is 132 Å². The second-order valence-electron chi connectivity index (χ2n) is 10.8.